The highest BCUT2D eigenvalue weighted by Gasteiger charge is 2.05. The van der Waals surface area contributed by atoms with Crippen molar-refractivity contribution in [2.24, 2.45) is 11.8 Å². The fraction of sp³-hybridized carbons (Fsp3) is 0.917. The molecule has 4 heteroatoms. The summed E-state index contributed by atoms with van der Waals surface area (Å²) in [4.78, 5) is 23.8. The van der Waals surface area contributed by atoms with Crippen molar-refractivity contribution in [2.45, 2.75) is 401 Å². The number of carbonyl (C=O) groups is 2. The van der Waals surface area contributed by atoms with Crippen molar-refractivity contribution in [2.75, 3.05) is 13.2 Å². The van der Waals surface area contributed by atoms with Gasteiger partial charge >= 0.3 is 11.9 Å². The van der Waals surface area contributed by atoms with Crippen LogP contribution in [0.15, 0.2) is 24.3 Å². The molecule has 0 atom stereocenters. The van der Waals surface area contributed by atoms with Crippen LogP contribution in [0.25, 0.3) is 0 Å². The molecule has 0 saturated carbocycles. The molecule has 0 radical (unpaired) electrons. The van der Waals surface area contributed by atoms with Crippen molar-refractivity contribution in [3.8, 4) is 0 Å². The van der Waals surface area contributed by atoms with E-state index in [4.69, 9.17) is 9.47 Å². The van der Waals surface area contributed by atoms with E-state index < -0.39 is 0 Å². The van der Waals surface area contributed by atoms with E-state index >= 15 is 0 Å². The summed E-state index contributed by atoms with van der Waals surface area (Å²) in [5, 5.41) is 0. The summed E-state index contributed by atoms with van der Waals surface area (Å²) in [6.45, 7) is 15.1. The molecular formula is C72H140O4. The summed E-state index contributed by atoms with van der Waals surface area (Å²) < 4.78 is 10.9. The van der Waals surface area contributed by atoms with Crippen molar-refractivity contribution in [1.82, 2.24) is 0 Å². The first kappa shape index (κ1) is 76.5. The van der Waals surface area contributed by atoms with Gasteiger partial charge in [-0.05, 0) is 88.9 Å². The highest BCUT2D eigenvalue weighted by molar-refractivity contribution is 5.69. The maximum atomic E-state index is 11.9. The smallest absolute Gasteiger partial charge is 0.305 e. The second-order valence-corrected chi connectivity index (χ2v) is 24.7. The Kier molecular flexibility index (Phi) is 70.0. The lowest BCUT2D eigenvalue weighted by Gasteiger charge is -2.06. The minimum Gasteiger partial charge on any atom is -0.466 e. The van der Waals surface area contributed by atoms with E-state index in [9.17, 15) is 9.59 Å². The van der Waals surface area contributed by atoms with E-state index in [1.165, 1.54) is 321 Å². The minimum absolute atomic E-state index is 0.0196. The van der Waals surface area contributed by atoms with E-state index in [1.54, 1.807) is 0 Å². The molecule has 0 fully saturated rings. The van der Waals surface area contributed by atoms with Crippen LogP contribution in [0.3, 0.4) is 0 Å². The third kappa shape index (κ3) is 74.5. The van der Waals surface area contributed by atoms with Crippen LogP contribution in [0, 0.1) is 11.8 Å². The largest absolute Gasteiger partial charge is 0.466 e. The molecule has 0 aromatic carbocycles. The van der Waals surface area contributed by atoms with Crippen molar-refractivity contribution in [3.63, 3.8) is 0 Å². The molecule has 0 saturated heterocycles. The zero-order valence-electron chi connectivity index (χ0n) is 53.1. The zero-order valence-corrected chi connectivity index (χ0v) is 53.1. The summed E-state index contributed by atoms with van der Waals surface area (Å²) in [5.41, 5.74) is 0. The van der Waals surface area contributed by atoms with Gasteiger partial charge in [-0.3, -0.25) is 9.59 Å². The summed E-state index contributed by atoms with van der Waals surface area (Å²) >= 11 is 0. The summed E-state index contributed by atoms with van der Waals surface area (Å²) in [5.74, 6) is 1.78. The maximum Gasteiger partial charge on any atom is 0.305 e. The maximum absolute atomic E-state index is 11.9. The summed E-state index contributed by atoms with van der Waals surface area (Å²) in [6, 6.07) is 0. The number of carbonyl (C=O) groups excluding carboxylic acids is 2. The van der Waals surface area contributed by atoms with Gasteiger partial charge in [0.15, 0.2) is 0 Å². The fourth-order valence-electron chi connectivity index (χ4n) is 10.4. The lowest BCUT2D eigenvalue weighted by Crippen LogP contribution is -2.05. The van der Waals surface area contributed by atoms with Crippen molar-refractivity contribution in [3.05, 3.63) is 24.3 Å². The van der Waals surface area contributed by atoms with Crippen LogP contribution in [0.4, 0.5) is 0 Å². The Morgan fingerprint density at radius 1 is 0.263 bits per heavy atom. The third-order valence-electron chi connectivity index (χ3n) is 15.7. The Morgan fingerprint density at radius 2 is 0.461 bits per heavy atom. The van der Waals surface area contributed by atoms with Gasteiger partial charge in [0.05, 0.1) is 13.2 Å². The minimum atomic E-state index is 0.0196. The van der Waals surface area contributed by atoms with Crippen molar-refractivity contribution >= 4 is 11.9 Å². The molecule has 0 amide bonds. The molecular weight excluding hydrogens is 929 g/mol. The molecule has 0 aliphatic rings. The predicted molar refractivity (Wildman–Crippen MR) is 340 cm³/mol. The van der Waals surface area contributed by atoms with Gasteiger partial charge in [0, 0.05) is 12.8 Å². The van der Waals surface area contributed by atoms with E-state index in [0.29, 0.717) is 26.1 Å². The lowest BCUT2D eigenvalue weighted by molar-refractivity contribution is -0.144. The molecule has 0 N–H and O–H groups in total. The number of unbranched alkanes of at least 4 members (excludes halogenated alkanes) is 46. The molecule has 0 bridgehead atoms. The zero-order chi connectivity index (χ0) is 55.6. The van der Waals surface area contributed by atoms with Gasteiger partial charge in [-0.2, -0.15) is 0 Å². The predicted octanol–water partition coefficient (Wildman–Crippen LogP) is 25.4. The van der Waals surface area contributed by atoms with Crippen LogP contribution >= 0.6 is 0 Å². The Bertz CT molecular complexity index is 1050. The number of ether oxygens (including phenoxy) is 2. The van der Waals surface area contributed by atoms with Crippen LogP contribution in [0.5, 0.6) is 0 Å². The monoisotopic (exact) mass is 1070 g/mol. The molecule has 0 heterocycles. The molecule has 452 valence electrons. The number of esters is 2. The summed E-state index contributed by atoms with van der Waals surface area (Å²) in [6.07, 6.45) is 82.4. The van der Waals surface area contributed by atoms with Crippen LogP contribution < -0.4 is 0 Å². The van der Waals surface area contributed by atoms with E-state index in [0.717, 1.165) is 37.5 Å². The molecule has 4 nitrogen and oxygen atoms in total. The van der Waals surface area contributed by atoms with E-state index in [1.807, 2.05) is 0 Å². The van der Waals surface area contributed by atoms with Gasteiger partial charge in [-0.1, -0.05) is 336 Å². The SMILES string of the molecule is CCCCCCCC/C=C\CCCCCCCCOC(=O)CCCCCCCCCCCCCCC(C)C.CCCCCCCC/C=C\CCCCCCCCOC(=O)CCCCCCCCCCCCCCC(C)C. The second-order valence-electron chi connectivity index (χ2n) is 24.7. The van der Waals surface area contributed by atoms with Crippen LogP contribution in [0.2, 0.25) is 0 Å². The molecule has 0 aliphatic heterocycles. The standard InChI is InChI=1S/2C36H70O2/c2*1-4-5-6-7-8-9-10-11-12-13-16-19-22-25-28-31-34-38-36(37)33-30-27-24-21-18-15-14-17-20-23-26-29-32-35(2)3/h2*11-12,35H,4-10,13-34H2,1-3H3/b2*12-11-. The molecule has 0 unspecified atom stereocenters. The second kappa shape index (κ2) is 69.5. The van der Waals surface area contributed by atoms with Gasteiger partial charge in [0.25, 0.3) is 0 Å². The average Bonchev–Trinajstić information content (AvgIpc) is 3.40. The van der Waals surface area contributed by atoms with Gasteiger partial charge in [-0.25, -0.2) is 0 Å². The van der Waals surface area contributed by atoms with E-state index in [2.05, 4.69) is 65.8 Å². The number of hydrogen-bond donors (Lipinski definition) is 0. The first-order valence-electron chi connectivity index (χ1n) is 34.9. The van der Waals surface area contributed by atoms with Crippen LogP contribution in [-0.4, -0.2) is 25.2 Å². The summed E-state index contributed by atoms with van der Waals surface area (Å²) in [7, 11) is 0. The Labute approximate surface area is 479 Å². The third-order valence-corrected chi connectivity index (χ3v) is 15.7. The molecule has 0 aliphatic carbocycles. The molecule has 0 aromatic rings. The van der Waals surface area contributed by atoms with Crippen molar-refractivity contribution in [1.29, 1.82) is 0 Å². The van der Waals surface area contributed by atoms with Gasteiger partial charge in [0.2, 0.25) is 0 Å². The lowest BCUT2D eigenvalue weighted by atomic mass is 10.0. The Morgan fingerprint density at radius 3 is 0.697 bits per heavy atom. The van der Waals surface area contributed by atoms with Crippen LogP contribution in [-0.2, 0) is 19.1 Å². The highest BCUT2D eigenvalue weighted by atomic mass is 16.5. The van der Waals surface area contributed by atoms with E-state index in [-0.39, 0.29) is 11.9 Å². The number of rotatable bonds is 62. The Balaban J connectivity index is 0. The normalized spacial score (nSPS) is 11.7. The van der Waals surface area contributed by atoms with Gasteiger partial charge in [-0.15, -0.1) is 0 Å². The number of hydrogen-bond acceptors (Lipinski definition) is 4. The highest BCUT2D eigenvalue weighted by Crippen LogP contribution is 2.18. The van der Waals surface area contributed by atoms with Gasteiger partial charge < -0.3 is 9.47 Å². The van der Waals surface area contributed by atoms with Gasteiger partial charge in [0.1, 0.15) is 0 Å². The molecule has 76 heavy (non-hydrogen) atoms. The number of allylic oxidation sites excluding steroid dienone is 4. The first-order chi connectivity index (χ1) is 37.3. The molecule has 0 spiro atoms. The molecule has 0 rings (SSSR count). The first-order valence-corrected chi connectivity index (χ1v) is 34.9. The topological polar surface area (TPSA) is 52.6 Å². The quantitative estimate of drug-likeness (QED) is 0.0346. The fourth-order valence-corrected chi connectivity index (χ4v) is 10.4. The van der Waals surface area contributed by atoms with Crippen molar-refractivity contribution < 1.29 is 19.1 Å². The Hall–Kier alpha value is -1.58. The molecule has 0 aromatic heterocycles. The average molecular weight is 1070 g/mol. The van der Waals surface area contributed by atoms with Crippen LogP contribution in [0.1, 0.15) is 401 Å².